The van der Waals surface area contributed by atoms with Crippen molar-refractivity contribution in [1.82, 2.24) is 14.8 Å². The molecule has 0 aliphatic carbocycles. The van der Waals surface area contributed by atoms with E-state index in [2.05, 4.69) is 32.3 Å². The largest absolute Gasteiger partial charge is 0.323 e. The molecule has 0 spiro atoms. The van der Waals surface area contributed by atoms with Gasteiger partial charge in [0.15, 0.2) is 11.0 Å². The molecule has 2 amide bonds. The molecule has 0 aliphatic heterocycles. The molecule has 0 aliphatic rings. The fraction of sp³-hybridized carbons (Fsp3) is 0.118. The van der Waals surface area contributed by atoms with Crippen LogP contribution in [0.15, 0.2) is 114 Å². The van der Waals surface area contributed by atoms with Gasteiger partial charge in [0, 0.05) is 40.9 Å². The van der Waals surface area contributed by atoms with Crippen LogP contribution in [0.5, 0.6) is 0 Å². The van der Waals surface area contributed by atoms with Gasteiger partial charge in [-0.15, -0.1) is 10.2 Å². The Labute approximate surface area is 249 Å². The molecule has 0 atom stereocenters. The highest BCUT2D eigenvalue weighted by atomic mass is 32.2. The second-order valence-corrected chi connectivity index (χ2v) is 10.6. The third kappa shape index (κ3) is 7.41. The van der Waals surface area contributed by atoms with Crippen LogP contribution in [0.25, 0.3) is 17.5 Å². The minimum absolute atomic E-state index is 0.136. The maximum atomic E-state index is 12.6. The Morgan fingerprint density at radius 1 is 0.810 bits per heavy atom. The number of anilines is 2. The fourth-order valence-electron chi connectivity index (χ4n) is 4.26. The molecule has 5 rings (SSSR count). The van der Waals surface area contributed by atoms with Gasteiger partial charge < -0.3 is 15.2 Å². The number of aryl methyl sites for hydroxylation is 1. The number of hydrogen-bond acceptors (Lipinski definition) is 5. The standard InChI is InChI=1S/C34H31N5O2S/c1-3-39-32(27-16-20-29(21-17-27)35-31(40)22-13-25-7-5-4-6-8-25)37-38-34(39)42-23-26-11-14-28(15-12-26)33(41)36-30-18-9-24(2)10-19-30/h4-22H,3,23H2,1-2H3,(H,35,40)(H,36,41)/b22-13+. The maximum absolute atomic E-state index is 12.6. The van der Waals surface area contributed by atoms with Crippen LogP contribution in [0.1, 0.15) is 34.0 Å². The Hall–Kier alpha value is -4.95. The van der Waals surface area contributed by atoms with Gasteiger partial charge in [-0.05, 0) is 79.6 Å². The van der Waals surface area contributed by atoms with Crippen LogP contribution >= 0.6 is 11.8 Å². The van der Waals surface area contributed by atoms with Crippen LogP contribution in [0.2, 0.25) is 0 Å². The van der Waals surface area contributed by atoms with E-state index >= 15 is 0 Å². The molecule has 4 aromatic carbocycles. The maximum Gasteiger partial charge on any atom is 0.255 e. The lowest BCUT2D eigenvalue weighted by atomic mass is 10.1. The summed E-state index contributed by atoms with van der Waals surface area (Å²) in [5.74, 6) is 1.13. The number of hydrogen-bond donors (Lipinski definition) is 2. The van der Waals surface area contributed by atoms with Crippen LogP contribution in [0.3, 0.4) is 0 Å². The molecule has 210 valence electrons. The zero-order valence-electron chi connectivity index (χ0n) is 23.5. The van der Waals surface area contributed by atoms with Crippen molar-refractivity contribution in [3.63, 3.8) is 0 Å². The van der Waals surface area contributed by atoms with Gasteiger partial charge in [-0.3, -0.25) is 9.59 Å². The lowest BCUT2D eigenvalue weighted by molar-refractivity contribution is -0.111. The number of amides is 2. The van der Waals surface area contributed by atoms with Crippen molar-refractivity contribution in [3.05, 3.63) is 131 Å². The molecule has 2 N–H and O–H groups in total. The van der Waals surface area contributed by atoms with Crippen LogP contribution in [-0.2, 0) is 17.1 Å². The first-order valence-electron chi connectivity index (χ1n) is 13.7. The molecular weight excluding hydrogens is 542 g/mol. The Bertz CT molecular complexity index is 1680. The highest BCUT2D eigenvalue weighted by Crippen LogP contribution is 2.27. The van der Waals surface area contributed by atoms with Crippen molar-refractivity contribution in [2.24, 2.45) is 0 Å². The number of aromatic nitrogens is 3. The monoisotopic (exact) mass is 573 g/mol. The Kier molecular flexibility index (Phi) is 9.26. The summed E-state index contributed by atoms with van der Waals surface area (Å²) in [7, 11) is 0. The van der Waals surface area contributed by atoms with Crippen LogP contribution in [0, 0.1) is 6.92 Å². The second-order valence-electron chi connectivity index (χ2n) is 9.67. The van der Waals surface area contributed by atoms with Crippen LogP contribution < -0.4 is 10.6 Å². The molecule has 1 heterocycles. The SMILES string of the molecule is CCn1c(SCc2ccc(C(=O)Nc3ccc(C)cc3)cc2)nnc1-c1ccc(NC(=O)/C=C/c2ccccc2)cc1. The van der Waals surface area contributed by atoms with E-state index < -0.39 is 0 Å². The fourth-order valence-corrected chi connectivity index (χ4v) is 5.22. The van der Waals surface area contributed by atoms with E-state index in [1.165, 1.54) is 6.08 Å². The number of thioether (sulfide) groups is 1. The zero-order chi connectivity index (χ0) is 29.3. The first kappa shape index (κ1) is 28.6. The summed E-state index contributed by atoms with van der Waals surface area (Å²) >= 11 is 1.60. The van der Waals surface area contributed by atoms with Gasteiger partial charge in [0.05, 0.1) is 0 Å². The summed E-state index contributed by atoms with van der Waals surface area (Å²) in [5, 5.41) is 15.5. The summed E-state index contributed by atoms with van der Waals surface area (Å²) in [5.41, 5.74) is 6.19. The molecule has 0 bridgehead atoms. The highest BCUT2D eigenvalue weighted by Gasteiger charge is 2.14. The molecule has 0 fully saturated rings. The number of nitrogens with one attached hydrogen (secondary N) is 2. The Balaban J connectivity index is 1.18. The molecule has 5 aromatic rings. The van der Waals surface area contributed by atoms with E-state index in [1.807, 2.05) is 110 Å². The van der Waals surface area contributed by atoms with E-state index in [4.69, 9.17) is 0 Å². The molecule has 0 radical (unpaired) electrons. The molecule has 42 heavy (non-hydrogen) atoms. The number of benzene rings is 4. The highest BCUT2D eigenvalue weighted by molar-refractivity contribution is 7.98. The van der Waals surface area contributed by atoms with Crippen molar-refractivity contribution in [1.29, 1.82) is 0 Å². The number of nitrogens with zero attached hydrogens (tertiary/aromatic N) is 3. The van der Waals surface area contributed by atoms with Gasteiger partial charge in [0.25, 0.3) is 5.91 Å². The van der Waals surface area contributed by atoms with E-state index in [-0.39, 0.29) is 11.8 Å². The third-order valence-electron chi connectivity index (χ3n) is 6.56. The molecule has 7 nitrogen and oxygen atoms in total. The van der Waals surface area contributed by atoms with E-state index in [0.29, 0.717) is 23.5 Å². The van der Waals surface area contributed by atoms with Gasteiger partial charge in [-0.25, -0.2) is 0 Å². The Morgan fingerprint density at radius 2 is 1.48 bits per heavy atom. The minimum atomic E-state index is -0.193. The zero-order valence-corrected chi connectivity index (χ0v) is 24.3. The van der Waals surface area contributed by atoms with Crippen LogP contribution in [0.4, 0.5) is 11.4 Å². The predicted octanol–water partition coefficient (Wildman–Crippen LogP) is 7.47. The van der Waals surface area contributed by atoms with Gasteiger partial charge in [-0.2, -0.15) is 0 Å². The summed E-state index contributed by atoms with van der Waals surface area (Å²) in [6, 6.07) is 32.6. The Morgan fingerprint density at radius 3 is 2.17 bits per heavy atom. The first-order chi connectivity index (χ1) is 20.5. The normalized spacial score (nSPS) is 11.0. The summed E-state index contributed by atoms with van der Waals surface area (Å²) < 4.78 is 2.07. The predicted molar refractivity (Wildman–Crippen MR) is 170 cm³/mol. The molecule has 1 aromatic heterocycles. The number of carbonyl (C=O) groups excluding carboxylic acids is 2. The average molecular weight is 574 g/mol. The minimum Gasteiger partial charge on any atom is -0.323 e. The van der Waals surface area contributed by atoms with Crippen molar-refractivity contribution < 1.29 is 9.59 Å². The van der Waals surface area contributed by atoms with Crippen LogP contribution in [-0.4, -0.2) is 26.6 Å². The number of rotatable bonds is 10. The summed E-state index contributed by atoms with van der Waals surface area (Å²) in [6.07, 6.45) is 3.30. The van der Waals surface area contributed by atoms with E-state index in [9.17, 15) is 9.59 Å². The molecule has 0 saturated carbocycles. The van der Waals surface area contributed by atoms with Crippen molar-refractivity contribution >= 4 is 41.0 Å². The number of carbonyl (C=O) groups is 2. The molecule has 0 unspecified atom stereocenters. The smallest absolute Gasteiger partial charge is 0.255 e. The van der Waals surface area contributed by atoms with E-state index in [1.54, 1.807) is 17.8 Å². The van der Waals surface area contributed by atoms with Gasteiger partial charge in [0.2, 0.25) is 5.91 Å². The summed E-state index contributed by atoms with van der Waals surface area (Å²) in [4.78, 5) is 24.9. The molecular formula is C34H31N5O2S. The molecule has 8 heteroatoms. The van der Waals surface area contributed by atoms with Gasteiger partial charge >= 0.3 is 0 Å². The van der Waals surface area contributed by atoms with Crippen molar-refractivity contribution in [2.75, 3.05) is 10.6 Å². The topological polar surface area (TPSA) is 88.9 Å². The van der Waals surface area contributed by atoms with Crippen molar-refractivity contribution in [3.8, 4) is 11.4 Å². The molecule has 0 saturated heterocycles. The summed E-state index contributed by atoms with van der Waals surface area (Å²) in [6.45, 7) is 4.79. The van der Waals surface area contributed by atoms with E-state index in [0.717, 1.165) is 38.9 Å². The van der Waals surface area contributed by atoms with Gasteiger partial charge in [-0.1, -0.05) is 71.9 Å². The van der Waals surface area contributed by atoms with Crippen molar-refractivity contribution in [2.45, 2.75) is 31.3 Å². The van der Waals surface area contributed by atoms with Gasteiger partial charge in [0.1, 0.15) is 0 Å². The lowest BCUT2D eigenvalue weighted by Gasteiger charge is -2.09. The third-order valence-corrected chi connectivity index (χ3v) is 7.60. The first-order valence-corrected chi connectivity index (χ1v) is 14.6. The lowest BCUT2D eigenvalue weighted by Crippen LogP contribution is -2.11. The quantitative estimate of drug-likeness (QED) is 0.134. The average Bonchev–Trinajstić information content (AvgIpc) is 3.44. The second kappa shape index (κ2) is 13.6.